The molecule has 32 heavy (non-hydrogen) atoms. The van der Waals surface area contributed by atoms with Gasteiger partial charge in [0.1, 0.15) is 12.1 Å². The third-order valence-electron chi connectivity index (χ3n) is 4.28. The van der Waals surface area contributed by atoms with E-state index < -0.39 is 56.1 Å². The van der Waals surface area contributed by atoms with Crippen molar-refractivity contribution in [2.75, 3.05) is 14.2 Å². The summed E-state index contributed by atoms with van der Waals surface area (Å²) in [6.45, 7) is 9.16. The first-order valence-electron chi connectivity index (χ1n) is 9.77. The van der Waals surface area contributed by atoms with E-state index in [9.17, 15) is 28.8 Å². The first-order valence-corrected chi connectivity index (χ1v) is 11.4. The molecule has 2 atom stereocenters. The van der Waals surface area contributed by atoms with Crippen LogP contribution < -0.4 is 10.6 Å². The second-order valence-corrected chi connectivity index (χ2v) is 11.3. The fourth-order valence-corrected chi connectivity index (χ4v) is 4.85. The Bertz CT molecular complexity index is 752. The Labute approximate surface area is 196 Å². The Morgan fingerprint density at radius 1 is 0.781 bits per heavy atom. The normalized spacial score (nSPS) is 13.4. The SMILES string of the molecule is CCC(=O)NC(C(=O)OC)C(C)(C)SC(=O)CC(=O)SC(C)(C)C(NC(C)=O)C(=O)OC. The zero-order valence-electron chi connectivity index (χ0n) is 19.7. The summed E-state index contributed by atoms with van der Waals surface area (Å²) in [5, 5.41) is 3.93. The van der Waals surface area contributed by atoms with Crippen LogP contribution in [0, 0.1) is 0 Å². The number of hydrogen-bond donors (Lipinski definition) is 2. The molecule has 0 aromatic carbocycles. The molecular weight excluding hydrogens is 460 g/mol. The van der Waals surface area contributed by atoms with E-state index in [0.29, 0.717) is 0 Å². The van der Waals surface area contributed by atoms with Crippen LogP contribution in [0.3, 0.4) is 0 Å². The van der Waals surface area contributed by atoms with Crippen LogP contribution in [0.15, 0.2) is 0 Å². The summed E-state index contributed by atoms with van der Waals surface area (Å²) < 4.78 is 7.24. The smallest absolute Gasteiger partial charge is 0.329 e. The second-order valence-electron chi connectivity index (χ2n) is 7.87. The van der Waals surface area contributed by atoms with Gasteiger partial charge in [0.25, 0.3) is 0 Å². The van der Waals surface area contributed by atoms with Crippen molar-refractivity contribution in [3.05, 3.63) is 0 Å². The van der Waals surface area contributed by atoms with E-state index in [-0.39, 0.29) is 12.3 Å². The van der Waals surface area contributed by atoms with Gasteiger partial charge in [-0.2, -0.15) is 0 Å². The van der Waals surface area contributed by atoms with Crippen LogP contribution >= 0.6 is 23.5 Å². The molecular formula is C20H32N2O8S2. The Morgan fingerprint density at radius 3 is 1.47 bits per heavy atom. The number of methoxy groups -OCH3 is 2. The van der Waals surface area contributed by atoms with Gasteiger partial charge in [-0.25, -0.2) is 9.59 Å². The molecule has 0 saturated carbocycles. The van der Waals surface area contributed by atoms with Gasteiger partial charge in [0, 0.05) is 22.8 Å². The number of rotatable bonds is 11. The molecule has 0 fully saturated rings. The maximum Gasteiger partial charge on any atom is 0.329 e. The number of carbonyl (C=O) groups is 6. The molecule has 0 aliphatic carbocycles. The van der Waals surface area contributed by atoms with Crippen LogP contribution in [-0.4, -0.2) is 69.8 Å². The summed E-state index contributed by atoms with van der Waals surface area (Å²) in [7, 11) is 2.34. The molecule has 182 valence electrons. The van der Waals surface area contributed by atoms with E-state index in [2.05, 4.69) is 10.6 Å². The summed E-state index contributed by atoms with van der Waals surface area (Å²) in [5.74, 6) is -2.30. The van der Waals surface area contributed by atoms with Crippen molar-refractivity contribution < 1.29 is 38.2 Å². The first-order chi connectivity index (χ1) is 14.6. The Morgan fingerprint density at radius 2 is 1.16 bits per heavy atom. The average Bonchev–Trinajstić information content (AvgIpc) is 2.67. The van der Waals surface area contributed by atoms with Gasteiger partial charge in [0.05, 0.1) is 20.6 Å². The largest absolute Gasteiger partial charge is 0.467 e. The molecule has 0 bridgehead atoms. The number of hydrogen-bond acceptors (Lipinski definition) is 10. The lowest BCUT2D eigenvalue weighted by Crippen LogP contribution is -2.53. The molecule has 0 aromatic heterocycles. The van der Waals surface area contributed by atoms with Crippen molar-refractivity contribution in [2.24, 2.45) is 0 Å². The Kier molecular flexibility index (Phi) is 12.0. The van der Waals surface area contributed by atoms with Crippen molar-refractivity contribution in [1.29, 1.82) is 0 Å². The molecule has 10 nitrogen and oxygen atoms in total. The highest BCUT2D eigenvalue weighted by Gasteiger charge is 2.42. The predicted molar refractivity (Wildman–Crippen MR) is 122 cm³/mol. The molecule has 0 radical (unpaired) electrons. The average molecular weight is 493 g/mol. The minimum atomic E-state index is -1.11. The van der Waals surface area contributed by atoms with Crippen LogP contribution in [-0.2, 0) is 38.2 Å². The third-order valence-corrected chi connectivity index (χ3v) is 6.55. The lowest BCUT2D eigenvalue weighted by atomic mass is 10.0. The third kappa shape index (κ3) is 9.60. The number of ether oxygens (including phenoxy) is 2. The summed E-state index contributed by atoms with van der Waals surface area (Å²) >= 11 is 1.47. The van der Waals surface area contributed by atoms with Crippen molar-refractivity contribution >= 4 is 57.5 Å². The summed E-state index contributed by atoms with van der Waals surface area (Å²) in [4.78, 5) is 72.5. The van der Waals surface area contributed by atoms with Gasteiger partial charge >= 0.3 is 11.9 Å². The molecule has 0 aromatic rings. The van der Waals surface area contributed by atoms with Crippen LogP contribution in [0.4, 0.5) is 0 Å². The minimum Gasteiger partial charge on any atom is -0.467 e. The van der Waals surface area contributed by atoms with E-state index in [1.54, 1.807) is 34.6 Å². The van der Waals surface area contributed by atoms with E-state index in [1.807, 2.05) is 0 Å². The van der Waals surface area contributed by atoms with Crippen molar-refractivity contribution in [2.45, 2.75) is 76.0 Å². The Hall–Kier alpha value is -2.08. The van der Waals surface area contributed by atoms with Crippen LogP contribution in [0.1, 0.15) is 54.4 Å². The molecule has 2 amide bonds. The molecule has 0 heterocycles. The van der Waals surface area contributed by atoms with Crippen LogP contribution in [0.2, 0.25) is 0 Å². The standard InChI is InChI=1S/C20H32N2O8S2/c1-9-12(24)22-16(18(28)30-8)20(5,6)32-14(26)10-13(25)31-19(3,4)15(17(27)29-7)21-11(2)23/h15-16H,9-10H2,1-8H3,(H,21,23)(H,22,24). The van der Waals surface area contributed by atoms with Gasteiger partial charge in [0.2, 0.25) is 11.8 Å². The van der Waals surface area contributed by atoms with Gasteiger partial charge in [-0.3, -0.25) is 19.2 Å². The molecule has 2 unspecified atom stereocenters. The van der Waals surface area contributed by atoms with Gasteiger partial charge < -0.3 is 20.1 Å². The summed E-state index contributed by atoms with van der Waals surface area (Å²) in [6, 6.07) is -2.21. The number of nitrogens with one attached hydrogen (secondary N) is 2. The van der Waals surface area contributed by atoms with Crippen molar-refractivity contribution in [3.63, 3.8) is 0 Å². The molecule has 2 N–H and O–H groups in total. The topological polar surface area (TPSA) is 145 Å². The van der Waals surface area contributed by atoms with E-state index in [0.717, 1.165) is 30.6 Å². The quantitative estimate of drug-likeness (QED) is 0.319. The summed E-state index contributed by atoms with van der Waals surface area (Å²) in [5.41, 5.74) is 0. The second kappa shape index (κ2) is 12.8. The highest BCUT2D eigenvalue weighted by molar-refractivity contribution is 8.16. The maximum atomic E-state index is 12.6. The molecule has 0 aliphatic heterocycles. The predicted octanol–water partition coefficient (Wildman–Crippen LogP) is 1.20. The summed E-state index contributed by atoms with van der Waals surface area (Å²) in [6.07, 6.45) is -0.353. The van der Waals surface area contributed by atoms with Gasteiger partial charge in [-0.15, -0.1) is 0 Å². The highest BCUT2D eigenvalue weighted by Crippen LogP contribution is 2.34. The van der Waals surface area contributed by atoms with Gasteiger partial charge in [0.15, 0.2) is 10.2 Å². The zero-order chi connectivity index (χ0) is 25.3. The number of amides is 2. The van der Waals surface area contributed by atoms with Crippen molar-refractivity contribution in [3.8, 4) is 0 Å². The van der Waals surface area contributed by atoms with E-state index in [1.165, 1.54) is 14.0 Å². The number of esters is 2. The maximum absolute atomic E-state index is 12.6. The lowest BCUT2D eigenvalue weighted by Gasteiger charge is -2.32. The minimum absolute atomic E-state index is 0.141. The monoisotopic (exact) mass is 492 g/mol. The van der Waals surface area contributed by atoms with Gasteiger partial charge in [-0.1, -0.05) is 30.4 Å². The zero-order valence-corrected chi connectivity index (χ0v) is 21.3. The fraction of sp³-hybridized carbons (Fsp3) is 0.700. The van der Waals surface area contributed by atoms with Crippen LogP contribution in [0.25, 0.3) is 0 Å². The molecule has 0 rings (SSSR count). The molecule has 0 aliphatic rings. The highest BCUT2D eigenvalue weighted by atomic mass is 32.2. The van der Waals surface area contributed by atoms with Crippen molar-refractivity contribution in [1.82, 2.24) is 10.6 Å². The lowest BCUT2D eigenvalue weighted by molar-refractivity contribution is -0.146. The molecule has 12 heteroatoms. The molecule has 0 spiro atoms. The number of carbonyl (C=O) groups excluding carboxylic acids is 6. The Balaban J connectivity index is 5.31. The fourth-order valence-electron chi connectivity index (χ4n) is 2.63. The van der Waals surface area contributed by atoms with Gasteiger partial charge in [-0.05, 0) is 27.7 Å². The molecule has 0 saturated heterocycles. The van der Waals surface area contributed by atoms with E-state index >= 15 is 0 Å². The number of thioether (sulfide) groups is 2. The first kappa shape index (κ1) is 29.9. The van der Waals surface area contributed by atoms with Crippen LogP contribution in [0.5, 0.6) is 0 Å². The van der Waals surface area contributed by atoms with E-state index in [4.69, 9.17) is 9.47 Å².